The van der Waals surface area contributed by atoms with Gasteiger partial charge in [-0.2, -0.15) is 8.78 Å². The van der Waals surface area contributed by atoms with Gasteiger partial charge in [-0.3, -0.25) is 4.79 Å². The normalized spacial score (nSPS) is 24.1. The van der Waals surface area contributed by atoms with E-state index in [9.17, 15) is 13.6 Å². The predicted molar refractivity (Wildman–Crippen MR) is 101 cm³/mol. The van der Waals surface area contributed by atoms with E-state index in [0.717, 1.165) is 37.9 Å². The molecular formula is C19H27ClF2N2O3. The number of nitrogens with one attached hydrogen (secondary N) is 2. The lowest BCUT2D eigenvalue weighted by Gasteiger charge is -2.37. The first-order chi connectivity index (χ1) is 12.5. The van der Waals surface area contributed by atoms with Crippen LogP contribution >= 0.6 is 12.4 Å². The van der Waals surface area contributed by atoms with Crippen molar-refractivity contribution in [3.8, 4) is 11.5 Å². The molecule has 0 radical (unpaired) electrons. The minimum absolute atomic E-state index is 0. The molecule has 1 saturated carbocycles. The van der Waals surface area contributed by atoms with Crippen molar-refractivity contribution >= 4 is 18.3 Å². The number of fused-ring (bicyclic) bond motifs is 1. The average molecular weight is 405 g/mol. The van der Waals surface area contributed by atoms with Gasteiger partial charge in [0, 0.05) is 13.1 Å². The van der Waals surface area contributed by atoms with Gasteiger partial charge < -0.3 is 20.1 Å². The molecule has 1 aromatic rings. The quantitative estimate of drug-likeness (QED) is 0.733. The molecule has 27 heavy (non-hydrogen) atoms. The lowest BCUT2D eigenvalue weighted by molar-refractivity contribution is -0.133. The van der Waals surface area contributed by atoms with Crippen LogP contribution in [0.15, 0.2) is 18.2 Å². The van der Waals surface area contributed by atoms with Crippen molar-refractivity contribution in [2.45, 2.75) is 38.7 Å². The highest BCUT2D eigenvalue weighted by molar-refractivity contribution is 5.85. The van der Waals surface area contributed by atoms with Crippen LogP contribution in [0, 0.1) is 11.3 Å². The summed E-state index contributed by atoms with van der Waals surface area (Å²) in [7, 11) is 1.41. The number of carbonyl (C=O) groups excluding carboxylic acids is 1. The summed E-state index contributed by atoms with van der Waals surface area (Å²) in [4.78, 5) is 12.8. The molecule has 3 rings (SSSR count). The summed E-state index contributed by atoms with van der Waals surface area (Å²) in [6.07, 6.45) is 4.88. The summed E-state index contributed by atoms with van der Waals surface area (Å²) >= 11 is 0. The Morgan fingerprint density at radius 3 is 2.93 bits per heavy atom. The van der Waals surface area contributed by atoms with Gasteiger partial charge in [-0.15, -0.1) is 12.4 Å². The molecule has 2 fully saturated rings. The fourth-order valence-corrected chi connectivity index (χ4v) is 4.25. The van der Waals surface area contributed by atoms with Gasteiger partial charge in [0.25, 0.3) is 0 Å². The van der Waals surface area contributed by atoms with Crippen LogP contribution in [0.25, 0.3) is 0 Å². The van der Waals surface area contributed by atoms with Gasteiger partial charge in [0.15, 0.2) is 11.5 Å². The Balaban J connectivity index is 0.00000261. The number of benzene rings is 1. The largest absolute Gasteiger partial charge is 0.493 e. The monoisotopic (exact) mass is 404 g/mol. The molecular weight excluding hydrogens is 378 g/mol. The number of alkyl halides is 2. The molecule has 1 saturated heterocycles. The molecule has 2 N–H and O–H groups in total. The van der Waals surface area contributed by atoms with E-state index >= 15 is 0 Å². The standard InChI is InChI=1S/C19H26F2N2O3.ClH/c1-25-15-6-5-13(10-16(15)26-18(20)21)7-9-23-17(24)19-8-3-2-4-14(19)11-22-12-19;/h5-6,10,14,18,22H,2-4,7-9,11-12H2,1H3,(H,23,24);1H/t14-,19+;/m0./s1. The first-order valence-corrected chi connectivity index (χ1v) is 9.16. The summed E-state index contributed by atoms with van der Waals surface area (Å²) in [6, 6.07) is 4.93. The lowest BCUT2D eigenvalue weighted by Crippen LogP contribution is -2.48. The third-order valence-electron chi connectivity index (χ3n) is 5.63. The van der Waals surface area contributed by atoms with Crippen molar-refractivity contribution in [3.63, 3.8) is 0 Å². The molecule has 2 aliphatic rings. The third-order valence-corrected chi connectivity index (χ3v) is 5.63. The van der Waals surface area contributed by atoms with Crippen molar-refractivity contribution in [2.75, 3.05) is 26.7 Å². The van der Waals surface area contributed by atoms with Crippen LogP contribution in [0.5, 0.6) is 11.5 Å². The zero-order valence-electron chi connectivity index (χ0n) is 15.4. The molecule has 1 aromatic carbocycles. The van der Waals surface area contributed by atoms with Gasteiger partial charge in [0.2, 0.25) is 5.91 Å². The fraction of sp³-hybridized carbons (Fsp3) is 0.632. The van der Waals surface area contributed by atoms with Crippen LogP contribution in [-0.4, -0.2) is 39.3 Å². The molecule has 2 atom stereocenters. The Kier molecular flexibility index (Phi) is 7.68. The average Bonchev–Trinajstić information content (AvgIpc) is 3.06. The molecule has 152 valence electrons. The number of rotatable bonds is 7. The molecule has 0 unspecified atom stereocenters. The van der Waals surface area contributed by atoms with E-state index in [1.807, 2.05) is 0 Å². The second kappa shape index (κ2) is 9.55. The molecule has 0 bridgehead atoms. The SMILES string of the molecule is COc1ccc(CCNC(=O)[C@@]23CCCC[C@H]2CNC3)cc1OC(F)F.Cl. The van der Waals surface area contributed by atoms with Crippen molar-refractivity contribution in [2.24, 2.45) is 11.3 Å². The number of methoxy groups -OCH3 is 1. The van der Waals surface area contributed by atoms with E-state index in [1.54, 1.807) is 12.1 Å². The maximum atomic E-state index is 12.8. The first-order valence-electron chi connectivity index (χ1n) is 9.16. The molecule has 1 aliphatic heterocycles. The van der Waals surface area contributed by atoms with Gasteiger partial charge in [-0.1, -0.05) is 18.9 Å². The van der Waals surface area contributed by atoms with E-state index in [0.29, 0.717) is 18.9 Å². The van der Waals surface area contributed by atoms with Gasteiger partial charge >= 0.3 is 6.61 Å². The number of ether oxygens (including phenoxy) is 2. The van der Waals surface area contributed by atoms with E-state index in [2.05, 4.69) is 15.4 Å². The maximum Gasteiger partial charge on any atom is 0.387 e. The first kappa shape index (κ1) is 21.7. The summed E-state index contributed by atoms with van der Waals surface area (Å²) in [6.45, 7) is -0.775. The lowest BCUT2D eigenvalue weighted by atomic mass is 9.67. The summed E-state index contributed by atoms with van der Waals surface area (Å²) in [5, 5.41) is 6.42. The second-order valence-electron chi connectivity index (χ2n) is 7.10. The van der Waals surface area contributed by atoms with E-state index in [-0.39, 0.29) is 35.2 Å². The van der Waals surface area contributed by atoms with E-state index < -0.39 is 6.61 Å². The van der Waals surface area contributed by atoms with Crippen molar-refractivity contribution < 1.29 is 23.0 Å². The van der Waals surface area contributed by atoms with Crippen LogP contribution in [0.3, 0.4) is 0 Å². The Morgan fingerprint density at radius 2 is 2.19 bits per heavy atom. The number of amides is 1. The Hall–Kier alpha value is -1.60. The second-order valence-corrected chi connectivity index (χ2v) is 7.10. The molecule has 1 amide bonds. The highest BCUT2D eigenvalue weighted by Crippen LogP contribution is 2.43. The highest BCUT2D eigenvalue weighted by Gasteiger charge is 2.49. The number of halogens is 3. The smallest absolute Gasteiger partial charge is 0.387 e. The molecule has 1 heterocycles. The third kappa shape index (κ3) is 4.82. The summed E-state index contributed by atoms with van der Waals surface area (Å²) in [5.74, 6) is 0.810. The van der Waals surface area contributed by atoms with Gasteiger partial charge in [-0.05, 0) is 49.4 Å². The fourth-order valence-electron chi connectivity index (χ4n) is 4.25. The van der Waals surface area contributed by atoms with Gasteiger partial charge in [-0.25, -0.2) is 0 Å². The van der Waals surface area contributed by atoms with Crippen LogP contribution < -0.4 is 20.1 Å². The molecule has 0 aromatic heterocycles. The summed E-state index contributed by atoms with van der Waals surface area (Å²) in [5.41, 5.74) is 0.534. The minimum atomic E-state index is -2.91. The van der Waals surface area contributed by atoms with Crippen LogP contribution in [-0.2, 0) is 11.2 Å². The summed E-state index contributed by atoms with van der Waals surface area (Å²) < 4.78 is 34.6. The Labute approximate surface area is 164 Å². The predicted octanol–water partition coefficient (Wildman–Crippen LogP) is 3.16. The Morgan fingerprint density at radius 1 is 1.37 bits per heavy atom. The van der Waals surface area contributed by atoms with Gasteiger partial charge in [0.1, 0.15) is 0 Å². The van der Waals surface area contributed by atoms with E-state index in [4.69, 9.17) is 4.74 Å². The number of hydrogen-bond donors (Lipinski definition) is 2. The van der Waals surface area contributed by atoms with Crippen molar-refractivity contribution in [3.05, 3.63) is 23.8 Å². The number of carbonyl (C=O) groups is 1. The molecule has 8 heteroatoms. The topological polar surface area (TPSA) is 59.6 Å². The zero-order chi connectivity index (χ0) is 18.6. The van der Waals surface area contributed by atoms with Crippen LogP contribution in [0.4, 0.5) is 8.78 Å². The van der Waals surface area contributed by atoms with E-state index in [1.165, 1.54) is 19.6 Å². The van der Waals surface area contributed by atoms with Gasteiger partial charge in [0.05, 0.1) is 12.5 Å². The van der Waals surface area contributed by atoms with Crippen LogP contribution in [0.2, 0.25) is 0 Å². The Bertz CT molecular complexity index is 647. The molecule has 5 nitrogen and oxygen atoms in total. The molecule has 1 aliphatic carbocycles. The molecule has 0 spiro atoms. The van der Waals surface area contributed by atoms with Crippen LogP contribution in [0.1, 0.15) is 31.2 Å². The van der Waals surface area contributed by atoms with Crippen molar-refractivity contribution in [1.82, 2.24) is 10.6 Å². The maximum absolute atomic E-state index is 12.8. The minimum Gasteiger partial charge on any atom is -0.493 e. The van der Waals surface area contributed by atoms with Crippen molar-refractivity contribution in [1.29, 1.82) is 0 Å². The number of hydrogen-bond acceptors (Lipinski definition) is 4. The zero-order valence-corrected chi connectivity index (χ0v) is 16.2. The highest BCUT2D eigenvalue weighted by atomic mass is 35.5.